The molecule has 1 aliphatic carbocycles. The van der Waals surface area contributed by atoms with Gasteiger partial charge >= 0.3 is 0 Å². The molecule has 2 aliphatic rings. The summed E-state index contributed by atoms with van der Waals surface area (Å²) in [6, 6.07) is 10.1. The third-order valence-electron chi connectivity index (χ3n) is 6.76. The summed E-state index contributed by atoms with van der Waals surface area (Å²) in [5, 5.41) is 4.38. The average molecular weight is 420 g/mol. The Labute approximate surface area is 181 Å². The van der Waals surface area contributed by atoms with Gasteiger partial charge in [0, 0.05) is 28.9 Å². The number of benzene rings is 1. The highest BCUT2D eigenvalue weighted by Crippen LogP contribution is 2.34. The van der Waals surface area contributed by atoms with E-state index in [-0.39, 0.29) is 29.2 Å². The lowest BCUT2D eigenvalue weighted by Crippen LogP contribution is -2.39. The molecular formula is C25H29N3O3. The van der Waals surface area contributed by atoms with Crippen molar-refractivity contribution in [3.8, 4) is 0 Å². The van der Waals surface area contributed by atoms with Gasteiger partial charge in [0.05, 0.1) is 18.7 Å². The number of aromatic nitrogens is 2. The molecule has 3 heterocycles. The molecular weight excluding hydrogens is 390 g/mol. The van der Waals surface area contributed by atoms with Crippen molar-refractivity contribution >= 4 is 16.8 Å². The fourth-order valence-electron chi connectivity index (χ4n) is 5.21. The van der Waals surface area contributed by atoms with Crippen LogP contribution in [0.4, 0.5) is 0 Å². The van der Waals surface area contributed by atoms with Gasteiger partial charge in [-0.1, -0.05) is 18.2 Å². The number of aromatic amines is 1. The Morgan fingerprint density at radius 3 is 2.87 bits per heavy atom. The van der Waals surface area contributed by atoms with Crippen LogP contribution in [0.15, 0.2) is 35.1 Å². The van der Waals surface area contributed by atoms with E-state index >= 15 is 0 Å². The van der Waals surface area contributed by atoms with Crippen LogP contribution >= 0.6 is 0 Å². The van der Waals surface area contributed by atoms with Gasteiger partial charge in [0.1, 0.15) is 5.56 Å². The Kier molecular flexibility index (Phi) is 5.18. The number of hydrogen-bond acceptors (Lipinski definition) is 3. The molecule has 1 aliphatic heterocycles. The van der Waals surface area contributed by atoms with Gasteiger partial charge in [0.15, 0.2) is 0 Å². The van der Waals surface area contributed by atoms with Gasteiger partial charge in [-0.15, -0.1) is 0 Å². The number of carbonyl (C=O) groups excluding carboxylic acids is 1. The summed E-state index contributed by atoms with van der Waals surface area (Å²) in [4.78, 5) is 30.1. The molecule has 0 radical (unpaired) electrons. The molecule has 162 valence electrons. The molecule has 5 rings (SSSR count). The number of H-pyrrole nitrogens is 1. The zero-order valence-electron chi connectivity index (χ0n) is 18.2. The Bertz CT molecular complexity index is 1200. The largest absolute Gasteiger partial charge is 0.376 e. The van der Waals surface area contributed by atoms with Gasteiger partial charge in [-0.2, -0.15) is 0 Å². The topological polar surface area (TPSA) is 76.1 Å². The third-order valence-corrected chi connectivity index (χ3v) is 6.76. The molecule has 2 aromatic heterocycles. The summed E-state index contributed by atoms with van der Waals surface area (Å²) < 4.78 is 7.42. The first-order chi connectivity index (χ1) is 15.0. The molecule has 2 atom stereocenters. The van der Waals surface area contributed by atoms with Crippen LogP contribution in [0.3, 0.4) is 0 Å². The van der Waals surface area contributed by atoms with Gasteiger partial charge in [-0.25, -0.2) is 0 Å². The molecule has 2 N–H and O–H groups in total. The molecule has 0 spiro atoms. The van der Waals surface area contributed by atoms with Crippen molar-refractivity contribution in [1.82, 2.24) is 14.9 Å². The maximum Gasteiger partial charge on any atom is 0.263 e. The fourth-order valence-corrected chi connectivity index (χ4v) is 5.21. The Hall–Kier alpha value is -2.86. The van der Waals surface area contributed by atoms with E-state index in [1.807, 2.05) is 32.0 Å². The Morgan fingerprint density at radius 2 is 2.06 bits per heavy atom. The minimum Gasteiger partial charge on any atom is -0.376 e. The quantitative estimate of drug-likeness (QED) is 0.673. The van der Waals surface area contributed by atoms with Crippen molar-refractivity contribution in [3.05, 3.63) is 68.8 Å². The lowest BCUT2D eigenvalue weighted by Gasteiger charge is -2.24. The van der Waals surface area contributed by atoms with Gasteiger partial charge in [-0.3, -0.25) is 9.59 Å². The minimum absolute atomic E-state index is 0.0438. The first kappa shape index (κ1) is 20.1. The van der Waals surface area contributed by atoms with Crippen LogP contribution in [0.1, 0.15) is 64.6 Å². The highest BCUT2D eigenvalue weighted by Gasteiger charge is 2.28. The van der Waals surface area contributed by atoms with E-state index in [2.05, 4.69) is 22.4 Å². The van der Waals surface area contributed by atoms with Crippen molar-refractivity contribution in [1.29, 1.82) is 0 Å². The number of aryl methyl sites for hydroxylation is 3. The maximum absolute atomic E-state index is 13.3. The third kappa shape index (κ3) is 3.59. The number of amides is 1. The van der Waals surface area contributed by atoms with E-state index in [1.54, 1.807) is 4.57 Å². The molecule has 1 amide bonds. The number of nitrogens with zero attached hydrogens (tertiary/aromatic N) is 1. The van der Waals surface area contributed by atoms with E-state index in [0.29, 0.717) is 6.54 Å². The number of ether oxygens (including phenoxy) is 1. The van der Waals surface area contributed by atoms with Gasteiger partial charge in [-0.05, 0) is 69.2 Å². The highest BCUT2D eigenvalue weighted by atomic mass is 16.5. The Balaban J connectivity index is 1.46. The standard InChI is InChI=1S/C25H29N3O3/c1-15-13-16(2)28(14-17-7-6-12-31-17)25(30)22(15)24(29)27-21-11-5-9-19-18-8-3-4-10-20(18)26-23(19)21/h3-4,8,10,13,17,21,26H,5-7,9,11-12,14H2,1-2H3,(H,27,29). The van der Waals surface area contributed by atoms with Crippen LogP contribution in [0, 0.1) is 13.8 Å². The first-order valence-electron chi connectivity index (χ1n) is 11.3. The molecule has 2 unspecified atom stereocenters. The van der Waals surface area contributed by atoms with Crippen molar-refractivity contribution in [2.75, 3.05) is 6.61 Å². The number of carbonyl (C=O) groups is 1. The highest BCUT2D eigenvalue weighted by molar-refractivity contribution is 5.96. The second-order valence-electron chi connectivity index (χ2n) is 8.88. The number of nitrogens with one attached hydrogen (secondary N) is 2. The smallest absolute Gasteiger partial charge is 0.263 e. The first-order valence-corrected chi connectivity index (χ1v) is 11.3. The summed E-state index contributed by atoms with van der Waals surface area (Å²) in [5.74, 6) is -0.292. The number of pyridine rings is 1. The van der Waals surface area contributed by atoms with E-state index in [1.165, 1.54) is 10.9 Å². The molecule has 1 aromatic carbocycles. The normalized spacial score (nSPS) is 20.7. The summed E-state index contributed by atoms with van der Waals surface area (Å²) in [7, 11) is 0. The van der Waals surface area contributed by atoms with E-state index in [4.69, 9.17) is 4.74 Å². The van der Waals surface area contributed by atoms with Gasteiger partial charge in [0.25, 0.3) is 11.5 Å². The number of rotatable bonds is 4. The van der Waals surface area contributed by atoms with E-state index in [9.17, 15) is 9.59 Å². The van der Waals surface area contributed by atoms with Crippen LogP contribution in [-0.2, 0) is 17.7 Å². The minimum atomic E-state index is -0.292. The number of fused-ring (bicyclic) bond motifs is 3. The lowest BCUT2D eigenvalue weighted by atomic mass is 9.91. The second kappa shape index (κ2) is 8.00. The lowest BCUT2D eigenvalue weighted by molar-refractivity contribution is 0.0913. The van der Waals surface area contributed by atoms with Gasteiger partial charge < -0.3 is 19.6 Å². The second-order valence-corrected chi connectivity index (χ2v) is 8.88. The predicted octanol–water partition coefficient (Wildman–Crippen LogP) is 3.93. The van der Waals surface area contributed by atoms with Crippen LogP contribution in [0.5, 0.6) is 0 Å². The summed E-state index contributed by atoms with van der Waals surface area (Å²) in [6.07, 6.45) is 4.89. The van der Waals surface area contributed by atoms with Crippen molar-refractivity contribution in [2.45, 2.75) is 64.6 Å². The van der Waals surface area contributed by atoms with E-state index in [0.717, 1.165) is 61.2 Å². The molecule has 6 nitrogen and oxygen atoms in total. The summed E-state index contributed by atoms with van der Waals surface area (Å²) in [6.45, 7) is 5.00. The maximum atomic E-state index is 13.3. The van der Waals surface area contributed by atoms with Crippen molar-refractivity contribution < 1.29 is 9.53 Å². The van der Waals surface area contributed by atoms with Crippen LogP contribution < -0.4 is 10.9 Å². The summed E-state index contributed by atoms with van der Waals surface area (Å²) in [5.41, 5.74) is 5.05. The summed E-state index contributed by atoms with van der Waals surface area (Å²) >= 11 is 0. The Morgan fingerprint density at radius 1 is 1.23 bits per heavy atom. The molecule has 6 heteroatoms. The molecule has 1 saturated heterocycles. The van der Waals surface area contributed by atoms with Crippen LogP contribution in [0.2, 0.25) is 0 Å². The zero-order chi connectivity index (χ0) is 21.5. The molecule has 0 saturated carbocycles. The number of para-hydroxylation sites is 1. The van der Waals surface area contributed by atoms with Crippen molar-refractivity contribution in [2.24, 2.45) is 0 Å². The van der Waals surface area contributed by atoms with E-state index < -0.39 is 0 Å². The molecule has 3 aromatic rings. The fraction of sp³-hybridized carbons (Fsp3) is 0.440. The van der Waals surface area contributed by atoms with Crippen LogP contribution in [0.25, 0.3) is 10.9 Å². The van der Waals surface area contributed by atoms with Crippen LogP contribution in [-0.4, -0.2) is 28.2 Å². The molecule has 1 fully saturated rings. The SMILES string of the molecule is Cc1cc(C)n(CC2CCCO2)c(=O)c1C(=O)NC1CCCc2c1[nH]c1ccccc21. The number of hydrogen-bond donors (Lipinski definition) is 2. The average Bonchev–Trinajstić information content (AvgIpc) is 3.39. The monoisotopic (exact) mass is 419 g/mol. The van der Waals surface area contributed by atoms with Crippen molar-refractivity contribution in [3.63, 3.8) is 0 Å². The molecule has 0 bridgehead atoms. The zero-order valence-corrected chi connectivity index (χ0v) is 18.2. The predicted molar refractivity (Wildman–Crippen MR) is 121 cm³/mol. The van der Waals surface area contributed by atoms with Gasteiger partial charge in [0.2, 0.25) is 0 Å². The molecule has 31 heavy (non-hydrogen) atoms.